The molecule has 1 atom stereocenters. The van der Waals surface area contributed by atoms with Gasteiger partial charge in [0.25, 0.3) is 0 Å². The Labute approximate surface area is 122 Å². The monoisotopic (exact) mass is 319 g/mol. The van der Waals surface area contributed by atoms with Crippen molar-refractivity contribution in [1.82, 2.24) is 4.31 Å². The smallest absolute Gasteiger partial charge is 0.305 e. The van der Waals surface area contributed by atoms with Crippen LogP contribution in [-0.4, -0.2) is 49.6 Å². The molecule has 0 aromatic carbocycles. The number of rotatable bonds is 4. The summed E-state index contributed by atoms with van der Waals surface area (Å²) >= 11 is 1.42. The van der Waals surface area contributed by atoms with Gasteiger partial charge in [0.05, 0.1) is 30.6 Å². The molecule has 112 valence electrons. The van der Waals surface area contributed by atoms with E-state index < -0.39 is 22.0 Å². The predicted octanol–water partition coefficient (Wildman–Crippen LogP) is 1.23. The van der Waals surface area contributed by atoms with E-state index in [9.17, 15) is 13.2 Å². The van der Waals surface area contributed by atoms with Gasteiger partial charge in [-0.15, -0.1) is 11.3 Å². The van der Waals surface area contributed by atoms with Crippen LogP contribution in [0.15, 0.2) is 11.0 Å². The fourth-order valence-electron chi connectivity index (χ4n) is 2.31. The van der Waals surface area contributed by atoms with Gasteiger partial charge in [-0.05, 0) is 19.9 Å². The number of ether oxygens (including phenoxy) is 1. The summed E-state index contributed by atoms with van der Waals surface area (Å²) in [6.45, 7) is 4.21. The van der Waals surface area contributed by atoms with E-state index in [1.54, 1.807) is 13.0 Å². The second kappa shape index (κ2) is 5.80. The van der Waals surface area contributed by atoms with E-state index in [2.05, 4.69) is 0 Å². The zero-order valence-corrected chi connectivity index (χ0v) is 13.0. The quantitative estimate of drug-likeness (QED) is 0.902. The lowest BCUT2D eigenvalue weighted by Crippen LogP contribution is -2.49. The minimum atomic E-state index is -3.67. The number of nitrogens with zero attached hydrogens (tertiary/aromatic N) is 1. The fraction of sp³-hybridized carbons (Fsp3) is 0.583. The van der Waals surface area contributed by atoms with Crippen molar-refractivity contribution in [3.63, 3.8) is 0 Å². The van der Waals surface area contributed by atoms with Crippen LogP contribution < -0.4 is 0 Å². The van der Waals surface area contributed by atoms with E-state index in [0.29, 0.717) is 0 Å². The third-order valence-electron chi connectivity index (χ3n) is 3.17. The summed E-state index contributed by atoms with van der Waals surface area (Å²) in [5.74, 6) is -1.03. The van der Waals surface area contributed by atoms with Crippen LogP contribution in [-0.2, 0) is 19.6 Å². The van der Waals surface area contributed by atoms with Crippen LogP contribution in [0.2, 0.25) is 0 Å². The molecular formula is C12H17NO5S2. The molecule has 0 saturated carbocycles. The first-order chi connectivity index (χ1) is 9.32. The molecule has 1 saturated heterocycles. The number of aliphatic carboxylic acids is 1. The number of hydrogen-bond acceptors (Lipinski definition) is 5. The van der Waals surface area contributed by atoms with Crippen LogP contribution in [0.4, 0.5) is 0 Å². The zero-order chi connectivity index (χ0) is 14.9. The van der Waals surface area contributed by atoms with Crippen molar-refractivity contribution in [3.05, 3.63) is 15.8 Å². The second-order valence-electron chi connectivity index (χ2n) is 4.72. The van der Waals surface area contributed by atoms with Gasteiger partial charge in [0, 0.05) is 16.3 Å². The molecule has 6 nitrogen and oxygen atoms in total. The molecule has 2 rings (SSSR count). The van der Waals surface area contributed by atoms with Gasteiger partial charge in [-0.2, -0.15) is 4.31 Å². The third-order valence-corrected chi connectivity index (χ3v) is 6.34. The molecule has 1 aromatic rings. The summed E-state index contributed by atoms with van der Waals surface area (Å²) in [6, 6.07) is 0.994. The van der Waals surface area contributed by atoms with Crippen molar-refractivity contribution < 1.29 is 23.1 Å². The van der Waals surface area contributed by atoms with Gasteiger partial charge in [0.2, 0.25) is 10.0 Å². The SMILES string of the molecule is Cc1cc(S(=O)(=O)N2CCOC[C@H]2CC(=O)O)c(C)s1. The van der Waals surface area contributed by atoms with E-state index in [1.807, 2.05) is 6.92 Å². The van der Waals surface area contributed by atoms with Crippen molar-refractivity contribution in [3.8, 4) is 0 Å². The number of hydrogen-bond donors (Lipinski definition) is 1. The Bertz CT molecular complexity index is 607. The van der Waals surface area contributed by atoms with Crippen molar-refractivity contribution in [2.24, 2.45) is 0 Å². The normalized spacial score (nSPS) is 21.0. The maximum Gasteiger partial charge on any atom is 0.305 e. The van der Waals surface area contributed by atoms with Crippen molar-refractivity contribution in [1.29, 1.82) is 0 Å². The van der Waals surface area contributed by atoms with Gasteiger partial charge in [0.15, 0.2) is 0 Å². The number of carbonyl (C=O) groups is 1. The summed E-state index contributed by atoms with van der Waals surface area (Å²) in [6.07, 6.45) is -0.249. The van der Waals surface area contributed by atoms with E-state index in [1.165, 1.54) is 15.6 Å². The summed E-state index contributed by atoms with van der Waals surface area (Å²) in [5.41, 5.74) is 0. The molecule has 1 aliphatic heterocycles. The molecule has 0 unspecified atom stereocenters. The highest BCUT2D eigenvalue weighted by molar-refractivity contribution is 7.89. The predicted molar refractivity (Wildman–Crippen MR) is 74.5 cm³/mol. The lowest BCUT2D eigenvalue weighted by Gasteiger charge is -2.33. The van der Waals surface area contributed by atoms with Crippen molar-refractivity contribution in [2.45, 2.75) is 31.2 Å². The van der Waals surface area contributed by atoms with Crippen LogP contribution in [0.3, 0.4) is 0 Å². The van der Waals surface area contributed by atoms with E-state index in [4.69, 9.17) is 9.84 Å². The Kier molecular flexibility index (Phi) is 4.48. The molecule has 1 fully saturated rings. The molecule has 1 aliphatic rings. The molecule has 1 aromatic heterocycles. The standard InChI is InChI=1S/C12H17NO5S2/c1-8-5-11(9(2)19-8)20(16,17)13-3-4-18-7-10(13)6-12(14)15/h5,10H,3-4,6-7H2,1-2H3,(H,14,15)/t10-/m1/s1. The first-order valence-electron chi connectivity index (χ1n) is 6.21. The summed E-state index contributed by atoms with van der Waals surface area (Å²) in [4.78, 5) is 12.8. The highest BCUT2D eigenvalue weighted by Gasteiger charge is 2.36. The Morgan fingerprint density at radius 1 is 1.55 bits per heavy atom. The number of thiophene rings is 1. The molecule has 2 heterocycles. The fourth-order valence-corrected chi connectivity index (χ4v) is 5.43. The lowest BCUT2D eigenvalue weighted by atomic mass is 10.2. The van der Waals surface area contributed by atoms with Gasteiger partial charge >= 0.3 is 5.97 Å². The largest absolute Gasteiger partial charge is 0.481 e. The molecule has 0 amide bonds. The van der Waals surface area contributed by atoms with Gasteiger partial charge in [-0.1, -0.05) is 0 Å². The van der Waals surface area contributed by atoms with Gasteiger partial charge in [0.1, 0.15) is 0 Å². The third kappa shape index (κ3) is 3.03. The zero-order valence-electron chi connectivity index (χ0n) is 11.3. The first kappa shape index (κ1) is 15.4. The molecule has 20 heavy (non-hydrogen) atoms. The minimum absolute atomic E-state index is 0.119. The molecule has 8 heteroatoms. The number of aryl methyl sites for hydroxylation is 2. The molecule has 0 bridgehead atoms. The van der Waals surface area contributed by atoms with Crippen LogP contribution in [0.5, 0.6) is 0 Å². The van der Waals surface area contributed by atoms with E-state index in [0.717, 1.165) is 9.75 Å². The Morgan fingerprint density at radius 3 is 2.80 bits per heavy atom. The van der Waals surface area contributed by atoms with Gasteiger partial charge < -0.3 is 9.84 Å². The summed E-state index contributed by atoms with van der Waals surface area (Å²) in [7, 11) is -3.67. The lowest BCUT2D eigenvalue weighted by molar-refractivity contribution is -0.139. The van der Waals surface area contributed by atoms with Crippen molar-refractivity contribution >= 4 is 27.3 Å². The Morgan fingerprint density at radius 2 is 2.25 bits per heavy atom. The maximum atomic E-state index is 12.7. The van der Waals surface area contributed by atoms with Gasteiger partial charge in [-0.25, -0.2) is 8.42 Å². The molecule has 0 spiro atoms. The number of morpholine rings is 1. The van der Waals surface area contributed by atoms with Crippen LogP contribution >= 0.6 is 11.3 Å². The molecule has 1 N–H and O–H groups in total. The second-order valence-corrected chi connectivity index (χ2v) is 8.04. The first-order valence-corrected chi connectivity index (χ1v) is 8.46. The topological polar surface area (TPSA) is 83.9 Å². The average Bonchev–Trinajstić information content (AvgIpc) is 2.69. The Balaban J connectivity index is 2.35. The summed E-state index contributed by atoms with van der Waals surface area (Å²) in [5, 5.41) is 8.90. The number of sulfonamides is 1. The molecule has 0 aliphatic carbocycles. The number of carboxylic acids is 1. The average molecular weight is 319 g/mol. The maximum absolute atomic E-state index is 12.7. The van der Waals surface area contributed by atoms with Crippen LogP contribution in [0.1, 0.15) is 16.2 Å². The minimum Gasteiger partial charge on any atom is -0.481 e. The van der Waals surface area contributed by atoms with E-state index >= 15 is 0 Å². The Hall–Kier alpha value is -0.960. The van der Waals surface area contributed by atoms with Crippen LogP contribution in [0, 0.1) is 13.8 Å². The molecule has 0 radical (unpaired) electrons. The highest BCUT2D eigenvalue weighted by atomic mass is 32.2. The highest BCUT2D eigenvalue weighted by Crippen LogP contribution is 2.30. The van der Waals surface area contributed by atoms with Crippen LogP contribution in [0.25, 0.3) is 0 Å². The van der Waals surface area contributed by atoms with Crippen molar-refractivity contribution in [2.75, 3.05) is 19.8 Å². The summed E-state index contributed by atoms with van der Waals surface area (Å²) < 4.78 is 31.9. The molecular weight excluding hydrogens is 302 g/mol. The number of carboxylic acid groups (broad SMARTS) is 1. The van der Waals surface area contributed by atoms with Gasteiger partial charge in [-0.3, -0.25) is 4.79 Å². The van der Waals surface area contributed by atoms with E-state index in [-0.39, 0.29) is 31.1 Å².